The first kappa shape index (κ1) is 23.9. The van der Waals surface area contributed by atoms with Gasteiger partial charge in [-0.25, -0.2) is 14.6 Å². The van der Waals surface area contributed by atoms with Gasteiger partial charge in [0.1, 0.15) is 11.6 Å². The van der Waals surface area contributed by atoms with E-state index in [0.29, 0.717) is 24.7 Å². The molecular weight excluding hydrogens is 445 g/mol. The summed E-state index contributed by atoms with van der Waals surface area (Å²) in [5, 5.41) is 10.5. The maximum atomic E-state index is 12.3. The number of hydrogen-bond acceptors (Lipinski definition) is 7. The lowest BCUT2D eigenvalue weighted by Gasteiger charge is -2.12. The number of aromatic nitrogens is 2. The Morgan fingerprint density at radius 2 is 1.85 bits per heavy atom. The number of halogens is 3. The maximum Gasteiger partial charge on any atom is 0.573 e. The van der Waals surface area contributed by atoms with Crippen LogP contribution in [0.25, 0.3) is 0 Å². The monoisotopic (exact) mass is 468 g/mol. The van der Waals surface area contributed by atoms with E-state index in [2.05, 4.69) is 36.0 Å². The van der Waals surface area contributed by atoms with Gasteiger partial charge >= 0.3 is 18.5 Å². The summed E-state index contributed by atoms with van der Waals surface area (Å²) in [6, 6.07) is 5.87. The van der Waals surface area contributed by atoms with Crippen LogP contribution in [0.3, 0.4) is 0 Å². The van der Waals surface area contributed by atoms with Crippen LogP contribution in [0, 0.1) is 0 Å². The molecule has 1 aromatic carbocycles. The van der Waals surface area contributed by atoms with Crippen molar-refractivity contribution >= 4 is 29.6 Å². The second-order valence-corrected chi connectivity index (χ2v) is 7.09. The van der Waals surface area contributed by atoms with Crippen LogP contribution in [0.4, 0.5) is 40.2 Å². The van der Waals surface area contributed by atoms with Gasteiger partial charge in [-0.3, -0.25) is 5.32 Å². The molecule has 1 saturated carbocycles. The first-order valence-corrected chi connectivity index (χ1v) is 10.1. The Kier molecular flexibility index (Phi) is 7.74. The summed E-state index contributed by atoms with van der Waals surface area (Å²) in [5.41, 5.74) is 1.05. The van der Waals surface area contributed by atoms with Crippen molar-refractivity contribution in [3.05, 3.63) is 36.0 Å². The Labute approximate surface area is 187 Å². The number of alkyl carbamates (subject to hydrolysis) is 1. The average Bonchev–Trinajstić information content (AvgIpc) is 3.59. The second-order valence-electron chi connectivity index (χ2n) is 7.09. The van der Waals surface area contributed by atoms with E-state index in [9.17, 15) is 22.8 Å². The summed E-state index contributed by atoms with van der Waals surface area (Å²) in [6.07, 6.45) is -2.76. The van der Waals surface area contributed by atoms with E-state index >= 15 is 0 Å². The molecule has 1 aliphatic rings. The van der Waals surface area contributed by atoms with Gasteiger partial charge in [0.2, 0.25) is 5.95 Å². The molecule has 0 spiro atoms. The number of benzene rings is 1. The zero-order chi connectivity index (χ0) is 23.8. The van der Waals surface area contributed by atoms with E-state index < -0.39 is 24.2 Å². The first-order chi connectivity index (χ1) is 15.7. The summed E-state index contributed by atoms with van der Waals surface area (Å²) < 4.78 is 45.4. The molecule has 10 nitrogen and oxygen atoms in total. The fourth-order valence-corrected chi connectivity index (χ4v) is 2.73. The molecule has 3 rings (SSSR count). The lowest BCUT2D eigenvalue weighted by molar-refractivity contribution is -0.274. The topological polar surface area (TPSA) is 126 Å². The normalized spacial score (nSPS) is 13.1. The van der Waals surface area contributed by atoms with E-state index in [4.69, 9.17) is 4.74 Å². The van der Waals surface area contributed by atoms with Crippen LogP contribution < -0.4 is 26.0 Å². The predicted octanol–water partition coefficient (Wildman–Crippen LogP) is 4.05. The third-order valence-corrected chi connectivity index (χ3v) is 4.38. The lowest BCUT2D eigenvalue weighted by atomic mass is 10.3. The van der Waals surface area contributed by atoms with Gasteiger partial charge in [0.05, 0.1) is 12.3 Å². The zero-order valence-electron chi connectivity index (χ0n) is 17.7. The number of ether oxygens (including phenoxy) is 2. The highest BCUT2D eigenvalue weighted by atomic mass is 19.4. The Hall–Kier alpha value is -3.77. The second kappa shape index (κ2) is 10.7. The predicted molar refractivity (Wildman–Crippen MR) is 113 cm³/mol. The van der Waals surface area contributed by atoms with Crippen LogP contribution in [0.1, 0.15) is 30.9 Å². The van der Waals surface area contributed by atoms with Crippen LogP contribution in [0.5, 0.6) is 5.75 Å². The molecule has 0 bridgehead atoms. The summed E-state index contributed by atoms with van der Waals surface area (Å²) in [6.45, 7) is 0.712. The van der Waals surface area contributed by atoms with E-state index in [-0.39, 0.29) is 18.2 Å². The van der Waals surface area contributed by atoms with Crippen LogP contribution in [-0.4, -0.2) is 48.7 Å². The molecule has 1 aliphatic carbocycles. The third-order valence-electron chi connectivity index (χ3n) is 4.38. The number of alkyl halides is 3. The van der Waals surface area contributed by atoms with Gasteiger partial charge in [0.25, 0.3) is 0 Å². The molecule has 1 heterocycles. The van der Waals surface area contributed by atoms with Gasteiger partial charge in [-0.15, -0.1) is 13.2 Å². The zero-order valence-corrected chi connectivity index (χ0v) is 17.7. The van der Waals surface area contributed by atoms with Gasteiger partial charge in [-0.1, -0.05) is 0 Å². The summed E-state index contributed by atoms with van der Waals surface area (Å²) >= 11 is 0. The van der Waals surface area contributed by atoms with Crippen molar-refractivity contribution in [2.24, 2.45) is 0 Å². The molecule has 13 heteroatoms. The smallest absolute Gasteiger partial charge is 0.450 e. The van der Waals surface area contributed by atoms with E-state index in [0.717, 1.165) is 30.7 Å². The fraction of sp³-hybridized carbons (Fsp3) is 0.400. The minimum atomic E-state index is -4.79. The SMILES string of the molecule is CNC(=O)OCCCNc1cc(C2CC2)nc(NC(=O)Nc2ccc(OC(F)(F)F)cc2)n1. The standard InChI is InChI=1S/C20H23F3N6O4/c1-24-19(31)32-10-2-9-25-16-11-15(12-3-4-12)27-17(28-16)29-18(30)26-13-5-7-14(8-6-13)33-20(21,22)23/h5-8,11-12H,2-4,9-10H2,1H3,(H,24,31)(H3,25,26,27,28,29,30). The quantitative estimate of drug-likeness (QED) is 0.409. The minimum absolute atomic E-state index is 0.0815. The number of urea groups is 1. The molecule has 2 aromatic rings. The van der Waals surface area contributed by atoms with Crippen molar-refractivity contribution in [3.63, 3.8) is 0 Å². The molecule has 0 atom stereocenters. The van der Waals surface area contributed by atoms with Gasteiger partial charge < -0.3 is 25.4 Å². The van der Waals surface area contributed by atoms with Crippen LogP contribution in [0.2, 0.25) is 0 Å². The van der Waals surface area contributed by atoms with Crippen molar-refractivity contribution in [1.29, 1.82) is 0 Å². The Morgan fingerprint density at radius 1 is 1.12 bits per heavy atom. The summed E-state index contributed by atoms with van der Waals surface area (Å²) in [5.74, 6) is 0.495. The van der Waals surface area contributed by atoms with Crippen LogP contribution in [0.15, 0.2) is 30.3 Å². The van der Waals surface area contributed by atoms with Crippen molar-refractivity contribution < 1.29 is 32.2 Å². The molecule has 0 saturated heterocycles. The van der Waals surface area contributed by atoms with Crippen molar-refractivity contribution in [1.82, 2.24) is 15.3 Å². The van der Waals surface area contributed by atoms with E-state index in [1.807, 2.05) is 0 Å². The number of nitrogens with zero attached hydrogens (tertiary/aromatic N) is 2. The van der Waals surface area contributed by atoms with Gasteiger partial charge in [-0.05, 0) is 43.5 Å². The van der Waals surface area contributed by atoms with Crippen molar-refractivity contribution in [3.8, 4) is 5.75 Å². The number of hydrogen-bond donors (Lipinski definition) is 4. The molecule has 3 amide bonds. The van der Waals surface area contributed by atoms with Gasteiger partial charge in [-0.2, -0.15) is 4.98 Å². The Morgan fingerprint density at radius 3 is 2.48 bits per heavy atom. The first-order valence-electron chi connectivity index (χ1n) is 10.1. The van der Waals surface area contributed by atoms with Gasteiger partial charge in [0.15, 0.2) is 0 Å². The third kappa shape index (κ3) is 8.35. The van der Waals surface area contributed by atoms with Crippen LogP contribution in [-0.2, 0) is 4.74 Å². The number of carbonyl (C=O) groups excluding carboxylic acids is 2. The average molecular weight is 468 g/mol. The number of amides is 3. The molecule has 1 aromatic heterocycles. The molecule has 0 aliphatic heterocycles. The largest absolute Gasteiger partial charge is 0.573 e. The van der Waals surface area contributed by atoms with Crippen molar-refractivity contribution in [2.75, 3.05) is 36.1 Å². The highest BCUT2D eigenvalue weighted by molar-refractivity contribution is 5.98. The molecule has 1 fully saturated rings. The Balaban J connectivity index is 1.55. The Bertz CT molecular complexity index is 967. The summed E-state index contributed by atoms with van der Waals surface area (Å²) in [7, 11) is 1.48. The van der Waals surface area contributed by atoms with E-state index in [1.54, 1.807) is 6.07 Å². The molecule has 0 unspecified atom stereocenters. The number of nitrogens with one attached hydrogen (secondary N) is 4. The highest BCUT2D eigenvalue weighted by Crippen LogP contribution is 2.39. The summed E-state index contributed by atoms with van der Waals surface area (Å²) in [4.78, 5) is 32.0. The van der Waals surface area contributed by atoms with E-state index in [1.165, 1.54) is 19.2 Å². The van der Waals surface area contributed by atoms with Crippen molar-refractivity contribution in [2.45, 2.75) is 31.5 Å². The van der Waals surface area contributed by atoms with Gasteiger partial charge in [0, 0.05) is 31.3 Å². The highest BCUT2D eigenvalue weighted by Gasteiger charge is 2.31. The number of carbonyl (C=O) groups is 2. The maximum absolute atomic E-state index is 12.3. The number of anilines is 3. The molecule has 178 valence electrons. The molecule has 4 N–H and O–H groups in total. The molecule has 0 radical (unpaired) electrons. The molecular formula is C20H23F3N6O4. The molecule has 33 heavy (non-hydrogen) atoms. The lowest BCUT2D eigenvalue weighted by Crippen LogP contribution is -2.22. The fourth-order valence-electron chi connectivity index (χ4n) is 2.73. The van der Waals surface area contributed by atoms with Crippen LogP contribution >= 0.6 is 0 Å². The number of rotatable bonds is 9. The minimum Gasteiger partial charge on any atom is -0.450 e.